The summed E-state index contributed by atoms with van der Waals surface area (Å²) in [4.78, 5) is 14.6. The van der Waals surface area contributed by atoms with Crippen molar-refractivity contribution in [2.45, 2.75) is 13.5 Å². The average Bonchev–Trinajstić information content (AvgIpc) is 2.60. The maximum absolute atomic E-state index is 5.81. The van der Waals surface area contributed by atoms with Crippen LogP contribution in [0.15, 0.2) is 6.33 Å². The lowest BCUT2D eigenvalue weighted by Gasteiger charge is -2.10. The molecule has 0 radical (unpaired) electrons. The number of imidazole rings is 1. The van der Waals surface area contributed by atoms with Gasteiger partial charge in [0.2, 0.25) is 5.95 Å². The van der Waals surface area contributed by atoms with Crippen LogP contribution < -0.4 is 10.6 Å². The molecule has 0 unspecified atom stereocenters. The number of nitrogens with two attached hydrogens (primary N) is 1. The van der Waals surface area contributed by atoms with E-state index in [1.54, 1.807) is 6.33 Å². The van der Waals surface area contributed by atoms with E-state index in [9.17, 15) is 0 Å². The summed E-state index contributed by atoms with van der Waals surface area (Å²) >= 11 is 0. The van der Waals surface area contributed by atoms with Crippen LogP contribution in [-0.2, 0) is 6.54 Å². The first-order valence-electron chi connectivity index (χ1n) is 4.79. The third kappa shape index (κ3) is 1.47. The quantitative estimate of drug-likeness (QED) is 0.774. The van der Waals surface area contributed by atoms with Crippen molar-refractivity contribution in [1.82, 2.24) is 19.5 Å². The van der Waals surface area contributed by atoms with Gasteiger partial charge in [0.15, 0.2) is 11.5 Å². The Bertz CT molecular complexity index is 487. The van der Waals surface area contributed by atoms with E-state index in [2.05, 4.69) is 15.0 Å². The van der Waals surface area contributed by atoms with E-state index in [0.29, 0.717) is 17.3 Å². The Kier molecular flexibility index (Phi) is 2.18. The highest BCUT2D eigenvalue weighted by atomic mass is 15.3. The zero-order valence-corrected chi connectivity index (χ0v) is 9.10. The first kappa shape index (κ1) is 9.70. The third-order valence-electron chi connectivity index (χ3n) is 2.22. The Balaban J connectivity index is 2.71. The van der Waals surface area contributed by atoms with E-state index in [4.69, 9.17) is 5.73 Å². The number of anilines is 2. The van der Waals surface area contributed by atoms with Crippen molar-refractivity contribution >= 4 is 22.9 Å². The van der Waals surface area contributed by atoms with E-state index in [1.165, 1.54) is 0 Å². The zero-order valence-electron chi connectivity index (χ0n) is 9.10. The van der Waals surface area contributed by atoms with Gasteiger partial charge < -0.3 is 15.2 Å². The number of hydrogen-bond acceptors (Lipinski definition) is 5. The summed E-state index contributed by atoms with van der Waals surface area (Å²) in [7, 11) is 3.76. The van der Waals surface area contributed by atoms with Gasteiger partial charge in [-0.05, 0) is 6.92 Å². The molecule has 0 aliphatic rings. The van der Waals surface area contributed by atoms with Gasteiger partial charge in [-0.3, -0.25) is 0 Å². The lowest BCUT2D eigenvalue weighted by Crippen LogP contribution is -2.14. The van der Waals surface area contributed by atoms with Gasteiger partial charge in [0.05, 0.1) is 6.33 Å². The summed E-state index contributed by atoms with van der Waals surface area (Å²) < 4.78 is 1.94. The number of aromatic nitrogens is 4. The van der Waals surface area contributed by atoms with E-state index in [1.807, 2.05) is 30.5 Å². The third-order valence-corrected chi connectivity index (χ3v) is 2.22. The van der Waals surface area contributed by atoms with Crippen molar-refractivity contribution < 1.29 is 0 Å². The minimum Gasteiger partial charge on any atom is -0.382 e. The summed E-state index contributed by atoms with van der Waals surface area (Å²) in [5.41, 5.74) is 7.26. The number of fused-ring (bicyclic) bond motifs is 1. The van der Waals surface area contributed by atoms with Crippen molar-refractivity contribution in [2.75, 3.05) is 24.7 Å². The maximum Gasteiger partial charge on any atom is 0.228 e. The predicted octanol–water partition coefficient (Wildman–Crippen LogP) is 0.494. The average molecular weight is 206 g/mol. The molecule has 6 nitrogen and oxygen atoms in total. The molecular weight excluding hydrogens is 192 g/mol. The summed E-state index contributed by atoms with van der Waals surface area (Å²) in [6.07, 6.45) is 1.73. The standard InChI is InChI=1S/C9H14N6/c1-4-15-5-11-6-7(10)12-9(14(2)3)13-8(6)15/h5H,4H2,1-3H3,(H2,10,12,13). The molecule has 80 valence electrons. The second-order valence-corrected chi connectivity index (χ2v) is 3.51. The summed E-state index contributed by atoms with van der Waals surface area (Å²) in [5, 5.41) is 0. The van der Waals surface area contributed by atoms with Crippen LogP contribution in [0.1, 0.15) is 6.92 Å². The van der Waals surface area contributed by atoms with Crippen LogP contribution in [-0.4, -0.2) is 33.6 Å². The van der Waals surface area contributed by atoms with Crippen LogP contribution in [0.5, 0.6) is 0 Å². The summed E-state index contributed by atoms with van der Waals surface area (Å²) in [6, 6.07) is 0. The molecule has 15 heavy (non-hydrogen) atoms. The Morgan fingerprint density at radius 2 is 2.13 bits per heavy atom. The van der Waals surface area contributed by atoms with Crippen LogP contribution in [0, 0.1) is 0 Å². The van der Waals surface area contributed by atoms with Crippen molar-refractivity contribution in [3.8, 4) is 0 Å². The largest absolute Gasteiger partial charge is 0.382 e. The molecule has 0 fully saturated rings. The monoisotopic (exact) mass is 206 g/mol. The number of nitrogen functional groups attached to an aromatic ring is 1. The highest BCUT2D eigenvalue weighted by Crippen LogP contribution is 2.18. The highest BCUT2D eigenvalue weighted by Gasteiger charge is 2.10. The fourth-order valence-corrected chi connectivity index (χ4v) is 1.39. The summed E-state index contributed by atoms with van der Waals surface area (Å²) in [5.74, 6) is 1.03. The molecule has 6 heteroatoms. The molecule has 0 aliphatic carbocycles. The minimum atomic E-state index is 0.427. The second kappa shape index (κ2) is 3.38. The minimum absolute atomic E-state index is 0.427. The van der Waals surface area contributed by atoms with Gasteiger partial charge in [-0.15, -0.1) is 0 Å². The Morgan fingerprint density at radius 3 is 2.73 bits per heavy atom. The lowest BCUT2D eigenvalue weighted by molar-refractivity contribution is 0.776. The van der Waals surface area contributed by atoms with Crippen molar-refractivity contribution in [2.24, 2.45) is 0 Å². The van der Waals surface area contributed by atoms with Gasteiger partial charge in [0.1, 0.15) is 5.52 Å². The lowest BCUT2D eigenvalue weighted by atomic mass is 10.5. The van der Waals surface area contributed by atoms with Gasteiger partial charge in [0.25, 0.3) is 0 Å². The Morgan fingerprint density at radius 1 is 1.40 bits per heavy atom. The Labute approximate surface area is 87.8 Å². The second-order valence-electron chi connectivity index (χ2n) is 3.51. The summed E-state index contributed by atoms with van der Waals surface area (Å²) in [6.45, 7) is 2.86. The molecule has 2 aromatic heterocycles. The normalized spacial score (nSPS) is 10.9. The van der Waals surface area contributed by atoms with Gasteiger partial charge in [-0.1, -0.05) is 0 Å². The number of rotatable bonds is 2. The van der Waals surface area contributed by atoms with Gasteiger partial charge in [0, 0.05) is 20.6 Å². The fraction of sp³-hybridized carbons (Fsp3) is 0.444. The topological polar surface area (TPSA) is 72.9 Å². The zero-order chi connectivity index (χ0) is 11.0. The molecule has 2 heterocycles. The first-order chi connectivity index (χ1) is 7.13. The van der Waals surface area contributed by atoms with E-state index < -0.39 is 0 Å². The Hall–Kier alpha value is -1.85. The highest BCUT2D eigenvalue weighted by molar-refractivity contribution is 5.82. The van der Waals surface area contributed by atoms with E-state index in [-0.39, 0.29) is 0 Å². The molecule has 0 atom stereocenters. The van der Waals surface area contributed by atoms with Crippen molar-refractivity contribution in [1.29, 1.82) is 0 Å². The molecule has 0 amide bonds. The number of hydrogen-bond donors (Lipinski definition) is 1. The van der Waals surface area contributed by atoms with Crippen LogP contribution in [0.25, 0.3) is 11.2 Å². The number of aryl methyl sites for hydroxylation is 1. The molecular formula is C9H14N6. The maximum atomic E-state index is 5.81. The fourth-order valence-electron chi connectivity index (χ4n) is 1.39. The molecule has 0 aromatic carbocycles. The predicted molar refractivity (Wildman–Crippen MR) is 59.7 cm³/mol. The molecule has 2 aromatic rings. The van der Waals surface area contributed by atoms with Gasteiger partial charge >= 0.3 is 0 Å². The van der Waals surface area contributed by atoms with Crippen LogP contribution in [0.3, 0.4) is 0 Å². The molecule has 0 spiro atoms. The molecule has 2 N–H and O–H groups in total. The molecule has 0 saturated carbocycles. The SMILES string of the molecule is CCn1cnc2c(N)nc(N(C)C)nc21. The van der Waals surface area contributed by atoms with E-state index >= 15 is 0 Å². The number of nitrogens with zero attached hydrogens (tertiary/aromatic N) is 5. The smallest absolute Gasteiger partial charge is 0.228 e. The van der Waals surface area contributed by atoms with Gasteiger partial charge in [-0.25, -0.2) is 4.98 Å². The van der Waals surface area contributed by atoms with Crippen LogP contribution in [0.2, 0.25) is 0 Å². The molecule has 0 bridgehead atoms. The van der Waals surface area contributed by atoms with Crippen molar-refractivity contribution in [3.63, 3.8) is 0 Å². The van der Waals surface area contributed by atoms with Crippen LogP contribution >= 0.6 is 0 Å². The van der Waals surface area contributed by atoms with E-state index in [0.717, 1.165) is 12.2 Å². The molecule has 2 rings (SSSR count). The first-order valence-corrected chi connectivity index (χ1v) is 4.79. The van der Waals surface area contributed by atoms with Crippen LogP contribution in [0.4, 0.5) is 11.8 Å². The van der Waals surface area contributed by atoms with Crippen molar-refractivity contribution in [3.05, 3.63) is 6.33 Å². The van der Waals surface area contributed by atoms with Gasteiger partial charge in [-0.2, -0.15) is 9.97 Å². The molecule has 0 aliphatic heterocycles. The molecule has 0 saturated heterocycles.